The fourth-order valence-corrected chi connectivity index (χ4v) is 2.87. The van der Waals surface area contributed by atoms with Crippen molar-refractivity contribution >= 4 is 11.8 Å². The van der Waals surface area contributed by atoms with E-state index in [-0.39, 0.29) is 11.8 Å². The van der Waals surface area contributed by atoms with Gasteiger partial charge in [-0.3, -0.25) is 19.2 Å². The Balaban J connectivity index is 2.25. The number of aryl methyl sites for hydroxylation is 2. The van der Waals surface area contributed by atoms with Crippen molar-refractivity contribution in [2.45, 2.75) is 32.9 Å². The zero-order valence-electron chi connectivity index (χ0n) is 14.0. The van der Waals surface area contributed by atoms with Crippen LogP contribution in [0.25, 0.3) is 0 Å². The summed E-state index contributed by atoms with van der Waals surface area (Å²) in [6.07, 6.45) is 1.72. The van der Waals surface area contributed by atoms with Crippen LogP contribution in [0.4, 0.5) is 0 Å². The van der Waals surface area contributed by atoms with Crippen molar-refractivity contribution in [3.63, 3.8) is 0 Å². The van der Waals surface area contributed by atoms with E-state index in [1.165, 1.54) is 0 Å². The van der Waals surface area contributed by atoms with Gasteiger partial charge in [0.2, 0.25) is 5.91 Å². The van der Waals surface area contributed by atoms with Gasteiger partial charge in [-0.2, -0.15) is 5.10 Å². The van der Waals surface area contributed by atoms with Gasteiger partial charge < -0.3 is 10.2 Å². The monoisotopic (exact) mass is 307 g/mol. The van der Waals surface area contributed by atoms with Crippen molar-refractivity contribution in [1.82, 2.24) is 24.9 Å². The zero-order chi connectivity index (χ0) is 16.4. The van der Waals surface area contributed by atoms with E-state index in [9.17, 15) is 9.59 Å². The van der Waals surface area contributed by atoms with Gasteiger partial charge in [0.15, 0.2) is 0 Å². The molecule has 2 rings (SSSR count). The fourth-order valence-electron chi connectivity index (χ4n) is 2.87. The Morgan fingerprint density at radius 2 is 2.05 bits per heavy atom. The Labute approximate surface area is 131 Å². The second-order valence-electron chi connectivity index (χ2n) is 6.02. The van der Waals surface area contributed by atoms with E-state index in [0.29, 0.717) is 30.4 Å². The number of carbonyl (C=O) groups excluding carboxylic acids is 2. The van der Waals surface area contributed by atoms with E-state index in [4.69, 9.17) is 0 Å². The highest BCUT2D eigenvalue weighted by atomic mass is 16.2. The maximum atomic E-state index is 12.8. The molecule has 1 fully saturated rings. The van der Waals surface area contributed by atoms with Crippen LogP contribution in [0.1, 0.15) is 29.9 Å². The van der Waals surface area contributed by atoms with Gasteiger partial charge in [0.1, 0.15) is 6.04 Å². The summed E-state index contributed by atoms with van der Waals surface area (Å²) in [6, 6.07) is -0.113. The summed E-state index contributed by atoms with van der Waals surface area (Å²) in [4.78, 5) is 28.9. The minimum Gasteiger partial charge on any atom is -0.357 e. The van der Waals surface area contributed by atoms with E-state index in [1.54, 1.807) is 29.9 Å². The largest absolute Gasteiger partial charge is 0.357 e. The highest BCUT2D eigenvalue weighted by molar-refractivity contribution is 5.98. The Bertz CT molecular complexity index is 566. The van der Waals surface area contributed by atoms with Gasteiger partial charge in [-0.15, -0.1) is 0 Å². The third-order valence-corrected chi connectivity index (χ3v) is 4.20. The molecule has 122 valence electrons. The highest BCUT2D eigenvalue weighted by Gasteiger charge is 2.36. The number of amides is 2. The van der Waals surface area contributed by atoms with E-state index in [2.05, 4.69) is 29.2 Å². The van der Waals surface area contributed by atoms with Crippen LogP contribution < -0.4 is 5.32 Å². The fraction of sp³-hybridized carbons (Fsp3) is 0.667. The molecule has 1 atom stereocenters. The molecule has 0 spiro atoms. The predicted octanol–water partition coefficient (Wildman–Crippen LogP) is 0.00932. The van der Waals surface area contributed by atoms with E-state index in [1.807, 2.05) is 6.92 Å². The highest BCUT2D eigenvalue weighted by Crippen LogP contribution is 2.17. The molecule has 22 heavy (non-hydrogen) atoms. The quantitative estimate of drug-likeness (QED) is 0.854. The number of carbonyl (C=O) groups is 2. The summed E-state index contributed by atoms with van der Waals surface area (Å²) in [7, 11) is 3.39. The zero-order valence-corrected chi connectivity index (χ0v) is 14.0. The molecule has 1 aromatic rings. The molecule has 0 saturated carbocycles. The minimum atomic E-state index is -0.465. The van der Waals surface area contributed by atoms with E-state index < -0.39 is 6.04 Å². The second-order valence-corrected chi connectivity index (χ2v) is 6.02. The number of nitrogens with one attached hydrogen (secondary N) is 1. The number of likely N-dealkylation sites (N-methyl/N-ethyl adjacent to an activating group) is 1. The number of piperazine rings is 1. The molecule has 0 radical (unpaired) electrons. The lowest BCUT2D eigenvalue weighted by molar-refractivity contribution is -0.127. The summed E-state index contributed by atoms with van der Waals surface area (Å²) in [5.74, 6) is -0.247. The molecule has 1 aliphatic rings. The van der Waals surface area contributed by atoms with Crippen molar-refractivity contribution in [1.29, 1.82) is 0 Å². The van der Waals surface area contributed by atoms with Crippen LogP contribution in [0, 0.1) is 6.92 Å². The van der Waals surface area contributed by atoms with E-state index >= 15 is 0 Å². The Morgan fingerprint density at radius 3 is 2.55 bits per heavy atom. The molecule has 1 aliphatic heterocycles. The lowest BCUT2D eigenvalue weighted by Crippen LogP contribution is -2.61. The van der Waals surface area contributed by atoms with Gasteiger partial charge in [0, 0.05) is 46.0 Å². The van der Waals surface area contributed by atoms with Crippen LogP contribution in [0.3, 0.4) is 0 Å². The van der Waals surface area contributed by atoms with Gasteiger partial charge in [0.05, 0.1) is 11.3 Å². The van der Waals surface area contributed by atoms with Crippen molar-refractivity contribution in [3.8, 4) is 0 Å². The van der Waals surface area contributed by atoms with Gasteiger partial charge in [-0.25, -0.2) is 0 Å². The molecular weight excluding hydrogens is 282 g/mol. The van der Waals surface area contributed by atoms with Crippen LogP contribution in [0.2, 0.25) is 0 Å². The Kier molecular flexibility index (Phi) is 4.85. The Morgan fingerprint density at radius 1 is 1.36 bits per heavy atom. The van der Waals surface area contributed by atoms with Gasteiger partial charge in [-0.1, -0.05) is 0 Å². The first-order valence-electron chi connectivity index (χ1n) is 7.62. The average molecular weight is 307 g/mol. The van der Waals surface area contributed by atoms with Gasteiger partial charge >= 0.3 is 0 Å². The molecule has 1 saturated heterocycles. The minimum absolute atomic E-state index is 0.123. The predicted molar refractivity (Wildman–Crippen MR) is 83.5 cm³/mol. The summed E-state index contributed by atoms with van der Waals surface area (Å²) < 4.78 is 1.63. The third kappa shape index (κ3) is 3.14. The molecular formula is C15H25N5O2. The van der Waals surface area contributed by atoms with Gasteiger partial charge in [-0.05, 0) is 20.8 Å². The van der Waals surface area contributed by atoms with Crippen molar-refractivity contribution in [2.75, 3.05) is 26.7 Å². The lowest BCUT2D eigenvalue weighted by Gasteiger charge is -2.42. The van der Waals surface area contributed by atoms with Crippen LogP contribution >= 0.6 is 0 Å². The summed E-state index contributed by atoms with van der Waals surface area (Å²) in [5, 5.41) is 6.89. The lowest BCUT2D eigenvalue weighted by atomic mass is 10.1. The molecule has 0 bridgehead atoms. The first-order chi connectivity index (χ1) is 10.3. The van der Waals surface area contributed by atoms with Crippen molar-refractivity contribution in [3.05, 3.63) is 17.5 Å². The number of aromatic nitrogens is 2. The smallest absolute Gasteiger partial charge is 0.258 e. The SMILES string of the molecule is CNC(=O)C1CN(C(C)C)CCN1C(=O)c1cn(C)nc1C. The van der Waals surface area contributed by atoms with Gasteiger partial charge in [0.25, 0.3) is 5.91 Å². The number of nitrogens with zero attached hydrogens (tertiary/aromatic N) is 4. The topological polar surface area (TPSA) is 70.5 Å². The summed E-state index contributed by atoms with van der Waals surface area (Å²) in [6.45, 7) is 7.89. The van der Waals surface area contributed by atoms with Crippen LogP contribution in [0.5, 0.6) is 0 Å². The van der Waals surface area contributed by atoms with Crippen molar-refractivity contribution < 1.29 is 9.59 Å². The third-order valence-electron chi connectivity index (χ3n) is 4.20. The first kappa shape index (κ1) is 16.5. The maximum absolute atomic E-state index is 12.8. The Hall–Kier alpha value is -1.89. The molecule has 2 amide bonds. The molecule has 1 aromatic heterocycles. The summed E-state index contributed by atoms with van der Waals surface area (Å²) in [5.41, 5.74) is 1.25. The molecule has 7 heteroatoms. The maximum Gasteiger partial charge on any atom is 0.258 e. The first-order valence-corrected chi connectivity index (χ1v) is 7.62. The standard InChI is InChI=1S/C15H25N5O2/c1-10(2)19-6-7-20(13(9-19)14(21)16-4)15(22)12-8-18(5)17-11(12)3/h8,10,13H,6-7,9H2,1-5H3,(H,16,21). The molecule has 0 aliphatic carbocycles. The molecule has 1 unspecified atom stereocenters. The summed E-state index contributed by atoms with van der Waals surface area (Å²) >= 11 is 0. The van der Waals surface area contributed by atoms with Crippen LogP contribution in [-0.2, 0) is 11.8 Å². The normalized spacial score (nSPS) is 19.5. The number of hydrogen-bond acceptors (Lipinski definition) is 4. The molecule has 2 heterocycles. The molecule has 1 N–H and O–H groups in total. The number of hydrogen-bond donors (Lipinski definition) is 1. The number of rotatable bonds is 3. The average Bonchev–Trinajstić information content (AvgIpc) is 2.83. The molecule has 0 aromatic carbocycles. The molecule has 7 nitrogen and oxygen atoms in total. The second kappa shape index (κ2) is 6.48. The van der Waals surface area contributed by atoms with Crippen LogP contribution in [-0.4, -0.2) is 70.2 Å². The van der Waals surface area contributed by atoms with Crippen LogP contribution in [0.15, 0.2) is 6.20 Å². The van der Waals surface area contributed by atoms with E-state index in [0.717, 1.165) is 6.54 Å². The van der Waals surface area contributed by atoms with Crippen molar-refractivity contribution in [2.24, 2.45) is 7.05 Å².